The Hall–Kier alpha value is -2.25. The molecule has 0 aliphatic carbocycles. The number of aliphatic carboxylic acids is 1. The number of amides is 2. The van der Waals surface area contributed by atoms with E-state index < -0.39 is 35.2 Å². The van der Waals surface area contributed by atoms with E-state index in [0.29, 0.717) is 5.56 Å². The number of alkyl halides is 3. The first-order chi connectivity index (χ1) is 11.4. The molecule has 25 heavy (non-hydrogen) atoms. The van der Waals surface area contributed by atoms with Gasteiger partial charge in [0.05, 0.1) is 11.6 Å². The average molecular weight is 360 g/mol. The lowest BCUT2D eigenvalue weighted by Gasteiger charge is -2.32. The molecule has 140 valence electrons. The van der Waals surface area contributed by atoms with Gasteiger partial charge in [-0.2, -0.15) is 13.2 Å². The summed E-state index contributed by atoms with van der Waals surface area (Å²) in [5, 5.41) is 13.7. The van der Waals surface area contributed by atoms with Gasteiger partial charge in [-0.1, -0.05) is 32.9 Å². The zero-order valence-corrected chi connectivity index (χ0v) is 14.4. The van der Waals surface area contributed by atoms with Gasteiger partial charge < -0.3 is 15.7 Å². The molecule has 0 spiro atoms. The molecule has 1 unspecified atom stereocenters. The number of carbonyl (C=O) groups is 2. The summed E-state index contributed by atoms with van der Waals surface area (Å²) >= 11 is 0. The number of carboxylic acid groups (broad SMARTS) is 1. The Labute approximate surface area is 144 Å². The van der Waals surface area contributed by atoms with Gasteiger partial charge >= 0.3 is 18.2 Å². The van der Waals surface area contributed by atoms with Crippen molar-refractivity contribution in [2.45, 2.75) is 45.8 Å². The van der Waals surface area contributed by atoms with E-state index >= 15 is 0 Å². The normalized spacial score (nSPS) is 13.2. The van der Waals surface area contributed by atoms with Crippen LogP contribution in [0.15, 0.2) is 24.3 Å². The van der Waals surface area contributed by atoms with E-state index in [4.69, 9.17) is 5.11 Å². The Morgan fingerprint density at radius 3 is 2.36 bits per heavy atom. The Morgan fingerprint density at radius 1 is 1.20 bits per heavy atom. The van der Waals surface area contributed by atoms with Crippen LogP contribution in [0.1, 0.15) is 50.8 Å². The maximum atomic E-state index is 12.9. The highest BCUT2D eigenvalue weighted by Gasteiger charge is 2.33. The molecular formula is C17H23F3N2O3. The first-order valence-corrected chi connectivity index (χ1v) is 7.84. The van der Waals surface area contributed by atoms with Gasteiger partial charge in [-0.3, -0.25) is 4.79 Å². The Bertz CT molecular complexity index is 610. The topological polar surface area (TPSA) is 78.4 Å². The summed E-state index contributed by atoms with van der Waals surface area (Å²) in [5.74, 6) is -0.959. The van der Waals surface area contributed by atoms with Gasteiger partial charge in [0.2, 0.25) is 0 Å². The lowest BCUT2D eigenvalue weighted by Crippen LogP contribution is -2.43. The summed E-state index contributed by atoms with van der Waals surface area (Å²) < 4.78 is 38.7. The molecule has 1 atom stereocenters. The molecule has 3 N–H and O–H groups in total. The van der Waals surface area contributed by atoms with Crippen LogP contribution in [0.3, 0.4) is 0 Å². The molecule has 5 nitrogen and oxygen atoms in total. The van der Waals surface area contributed by atoms with Gasteiger partial charge in [-0.25, -0.2) is 4.79 Å². The summed E-state index contributed by atoms with van der Waals surface area (Å²) in [6.07, 6.45) is -4.26. The van der Waals surface area contributed by atoms with Gasteiger partial charge in [0.25, 0.3) is 0 Å². The Balaban J connectivity index is 2.86. The van der Waals surface area contributed by atoms with Crippen molar-refractivity contribution >= 4 is 12.0 Å². The molecule has 0 aromatic heterocycles. The van der Waals surface area contributed by atoms with Crippen molar-refractivity contribution in [2.75, 3.05) is 6.54 Å². The summed E-state index contributed by atoms with van der Waals surface area (Å²) in [6, 6.07) is 3.66. The molecule has 1 aromatic carbocycles. The average Bonchev–Trinajstić information content (AvgIpc) is 2.47. The molecular weight excluding hydrogens is 337 g/mol. The Kier molecular flexibility index (Phi) is 6.84. The van der Waals surface area contributed by atoms with Crippen LogP contribution >= 0.6 is 0 Å². The third-order valence-corrected chi connectivity index (χ3v) is 3.54. The molecule has 0 fully saturated rings. The van der Waals surface area contributed by atoms with Crippen LogP contribution in [-0.4, -0.2) is 23.7 Å². The molecule has 8 heteroatoms. The van der Waals surface area contributed by atoms with E-state index in [1.807, 2.05) is 20.8 Å². The number of carbonyl (C=O) groups excluding carboxylic acids is 1. The second kappa shape index (κ2) is 8.22. The van der Waals surface area contributed by atoms with Gasteiger partial charge in [0.1, 0.15) is 0 Å². The number of hydrogen-bond donors (Lipinski definition) is 3. The van der Waals surface area contributed by atoms with Crippen molar-refractivity contribution in [3.05, 3.63) is 35.4 Å². The fourth-order valence-corrected chi connectivity index (χ4v) is 2.32. The number of hydrogen-bond acceptors (Lipinski definition) is 2. The minimum atomic E-state index is -4.46. The van der Waals surface area contributed by atoms with E-state index in [0.717, 1.165) is 12.1 Å². The molecule has 2 amide bonds. The van der Waals surface area contributed by atoms with E-state index in [2.05, 4.69) is 10.6 Å². The van der Waals surface area contributed by atoms with Gasteiger partial charge in [-0.15, -0.1) is 0 Å². The minimum absolute atomic E-state index is 0.0728. The van der Waals surface area contributed by atoms with Crippen molar-refractivity contribution in [1.82, 2.24) is 10.6 Å². The number of rotatable bonds is 6. The third kappa shape index (κ3) is 7.03. The molecule has 0 bridgehead atoms. The van der Waals surface area contributed by atoms with E-state index in [1.54, 1.807) is 0 Å². The van der Waals surface area contributed by atoms with Crippen molar-refractivity contribution in [3.63, 3.8) is 0 Å². The number of nitrogens with one attached hydrogen (secondary N) is 2. The van der Waals surface area contributed by atoms with Crippen LogP contribution in [0.2, 0.25) is 0 Å². The maximum absolute atomic E-state index is 12.9. The van der Waals surface area contributed by atoms with Crippen LogP contribution < -0.4 is 10.6 Å². The van der Waals surface area contributed by atoms with Crippen molar-refractivity contribution in [1.29, 1.82) is 0 Å². The molecule has 0 saturated heterocycles. The number of urea groups is 1. The number of benzene rings is 1. The van der Waals surface area contributed by atoms with Crippen molar-refractivity contribution in [2.24, 2.45) is 5.41 Å². The van der Waals surface area contributed by atoms with E-state index in [9.17, 15) is 22.8 Å². The monoisotopic (exact) mass is 360 g/mol. The maximum Gasteiger partial charge on any atom is 0.416 e. The van der Waals surface area contributed by atoms with E-state index in [1.165, 1.54) is 12.1 Å². The highest BCUT2D eigenvalue weighted by atomic mass is 19.4. The molecule has 1 aromatic rings. The molecule has 1 rings (SSSR count). The second-order valence-corrected chi connectivity index (χ2v) is 6.82. The minimum Gasteiger partial charge on any atom is -0.481 e. The summed E-state index contributed by atoms with van der Waals surface area (Å²) in [6.45, 7) is 5.59. The third-order valence-electron chi connectivity index (χ3n) is 3.54. The first-order valence-electron chi connectivity index (χ1n) is 7.84. The van der Waals surface area contributed by atoms with Crippen LogP contribution in [0, 0.1) is 5.41 Å². The molecule has 0 saturated carbocycles. The standard InChI is InChI=1S/C17H23F3N2O3/c1-16(2,3)14(22-15(25)21-9-5-8-13(23)24)11-6-4-7-12(10-11)17(18,19)20/h4,6-7,10,14H,5,8-9H2,1-3H3,(H,23,24)(H2,21,22,25). The predicted octanol–water partition coefficient (Wildman–Crippen LogP) is 3.96. The summed E-state index contributed by atoms with van der Waals surface area (Å²) in [4.78, 5) is 22.4. The number of carboxylic acids is 1. The molecule has 0 radical (unpaired) electrons. The smallest absolute Gasteiger partial charge is 0.416 e. The van der Waals surface area contributed by atoms with Gasteiger partial charge in [-0.05, 0) is 29.5 Å². The van der Waals surface area contributed by atoms with Crippen LogP contribution in [0.5, 0.6) is 0 Å². The molecule has 0 heterocycles. The molecule has 0 aliphatic rings. The zero-order chi connectivity index (χ0) is 19.3. The lowest BCUT2D eigenvalue weighted by molar-refractivity contribution is -0.138. The largest absolute Gasteiger partial charge is 0.481 e. The molecule has 0 aliphatic heterocycles. The predicted molar refractivity (Wildman–Crippen MR) is 87.0 cm³/mol. The van der Waals surface area contributed by atoms with Crippen molar-refractivity contribution in [3.8, 4) is 0 Å². The summed E-state index contributed by atoms with van der Waals surface area (Å²) in [5.41, 5.74) is -0.950. The van der Waals surface area contributed by atoms with Crippen molar-refractivity contribution < 1.29 is 27.9 Å². The SMILES string of the molecule is CC(C)(C)C(NC(=O)NCCCC(=O)O)c1cccc(C(F)(F)F)c1. The van der Waals surface area contributed by atoms with Crippen LogP contribution in [-0.2, 0) is 11.0 Å². The first kappa shape index (κ1) is 20.8. The summed E-state index contributed by atoms with van der Waals surface area (Å²) in [7, 11) is 0. The number of halogens is 3. The second-order valence-electron chi connectivity index (χ2n) is 6.82. The van der Waals surface area contributed by atoms with Gasteiger partial charge in [0.15, 0.2) is 0 Å². The highest BCUT2D eigenvalue weighted by molar-refractivity contribution is 5.74. The highest BCUT2D eigenvalue weighted by Crippen LogP contribution is 2.36. The fourth-order valence-electron chi connectivity index (χ4n) is 2.32. The fraction of sp³-hybridized carbons (Fsp3) is 0.529. The zero-order valence-electron chi connectivity index (χ0n) is 14.4. The van der Waals surface area contributed by atoms with Crippen LogP contribution in [0.4, 0.5) is 18.0 Å². The lowest BCUT2D eigenvalue weighted by atomic mass is 9.82. The quantitative estimate of drug-likeness (QED) is 0.672. The Morgan fingerprint density at radius 2 is 1.84 bits per heavy atom. The van der Waals surface area contributed by atoms with E-state index in [-0.39, 0.29) is 19.4 Å². The van der Waals surface area contributed by atoms with Gasteiger partial charge in [0, 0.05) is 13.0 Å². The van der Waals surface area contributed by atoms with Crippen LogP contribution in [0.25, 0.3) is 0 Å².